The van der Waals surface area contributed by atoms with E-state index < -0.39 is 0 Å². The fourth-order valence-electron chi connectivity index (χ4n) is 11.6. The normalized spacial score (nSPS) is 53.9. The first-order chi connectivity index (χ1) is 17.6. The minimum atomic E-state index is -0.216. The summed E-state index contributed by atoms with van der Waals surface area (Å²) in [6.45, 7) is 14.1. The predicted octanol–water partition coefficient (Wildman–Crippen LogP) is 6.47. The highest BCUT2D eigenvalue weighted by Gasteiger charge is 2.73. The molecule has 5 aliphatic carbocycles. The number of allylic oxidation sites excluding steroid dienone is 4. The van der Waals surface area contributed by atoms with Crippen LogP contribution in [0.4, 0.5) is 0 Å². The summed E-state index contributed by atoms with van der Waals surface area (Å²) >= 11 is 0. The van der Waals surface area contributed by atoms with E-state index >= 15 is 0 Å². The molecule has 1 saturated heterocycles. The fraction of sp³-hybridized carbons (Fsp3) is 0.765. The zero-order valence-electron chi connectivity index (χ0n) is 24.0. The van der Waals surface area contributed by atoms with Crippen molar-refractivity contribution >= 4 is 0 Å². The average molecular weight is 503 g/mol. The first-order valence-corrected chi connectivity index (χ1v) is 15.5. The molecule has 7 aliphatic rings. The Bertz CT molecular complexity index is 1120. The van der Waals surface area contributed by atoms with Crippen LogP contribution in [0, 0.1) is 40.4 Å². The van der Waals surface area contributed by atoms with Crippen molar-refractivity contribution in [3.8, 4) is 0 Å². The van der Waals surface area contributed by atoms with Crippen molar-refractivity contribution in [1.82, 2.24) is 10.6 Å². The number of likely N-dealkylation sites (N-methyl/N-ethyl adjacent to an activating group) is 1. The molecule has 1 spiro atoms. The fourth-order valence-corrected chi connectivity index (χ4v) is 11.6. The van der Waals surface area contributed by atoms with E-state index in [4.69, 9.17) is 0 Å². The number of aliphatic hydroxyl groups is 1. The maximum atomic E-state index is 11.1. The molecule has 3 N–H and O–H groups in total. The van der Waals surface area contributed by atoms with Crippen LogP contribution in [0.1, 0.15) is 91.9 Å². The molecule has 4 saturated carbocycles. The van der Waals surface area contributed by atoms with E-state index in [9.17, 15) is 5.11 Å². The Hall–Kier alpha value is -1.16. The molecule has 3 nitrogen and oxygen atoms in total. The van der Waals surface area contributed by atoms with E-state index in [1.54, 1.807) is 11.1 Å². The molecule has 202 valence electrons. The van der Waals surface area contributed by atoms with Crippen LogP contribution in [0.3, 0.4) is 0 Å². The Morgan fingerprint density at radius 1 is 1.08 bits per heavy atom. The van der Waals surface area contributed by atoms with E-state index in [0.29, 0.717) is 17.3 Å². The molecule has 37 heavy (non-hydrogen) atoms. The summed E-state index contributed by atoms with van der Waals surface area (Å²) in [6.07, 6.45) is 20.2. The topological polar surface area (TPSA) is 44.3 Å². The van der Waals surface area contributed by atoms with Gasteiger partial charge in [0, 0.05) is 17.0 Å². The quantitative estimate of drug-likeness (QED) is 0.388. The van der Waals surface area contributed by atoms with Gasteiger partial charge in [0.05, 0.1) is 11.6 Å². The predicted molar refractivity (Wildman–Crippen MR) is 152 cm³/mol. The van der Waals surface area contributed by atoms with Gasteiger partial charge in [0.25, 0.3) is 0 Å². The second kappa shape index (κ2) is 7.95. The Morgan fingerprint density at radius 3 is 2.65 bits per heavy atom. The zero-order valence-corrected chi connectivity index (χ0v) is 24.0. The zero-order chi connectivity index (χ0) is 26.0. The van der Waals surface area contributed by atoms with Crippen molar-refractivity contribution in [3.63, 3.8) is 0 Å². The van der Waals surface area contributed by atoms with Gasteiger partial charge in [-0.3, -0.25) is 5.32 Å². The van der Waals surface area contributed by atoms with Crippen LogP contribution in [0.5, 0.6) is 0 Å². The lowest BCUT2D eigenvalue weighted by molar-refractivity contribution is -0.0339. The van der Waals surface area contributed by atoms with Crippen LogP contribution in [0.15, 0.2) is 47.1 Å². The van der Waals surface area contributed by atoms with Gasteiger partial charge in [-0.15, -0.1) is 0 Å². The van der Waals surface area contributed by atoms with Crippen LogP contribution >= 0.6 is 0 Å². The van der Waals surface area contributed by atoms with Crippen molar-refractivity contribution in [3.05, 3.63) is 47.1 Å². The van der Waals surface area contributed by atoms with Gasteiger partial charge in [0.15, 0.2) is 0 Å². The van der Waals surface area contributed by atoms with Crippen LogP contribution < -0.4 is 10.6 Å². The second-order valence-corrected chi connectivity index (χ2v) is 15.1. The average Bonchev–Trinajstić information content (AvgIpc) is 3.31. The highest BCUT2D eigenvalue weighted by Crippen LogP contribution is 2.73. The minimum Gasteiger partial charge on any atom is -0.391 e. The third-order valence-electron chi connectivity index (χ3n) is 13.6. The number of fused-ring (bicyclic) bond motifs is 3. The van der Waals surface area contributed by atoms with E-state index in [0.717, 1.165) is 30.6 Å². The maximum Gasteiger partial charge on any atom is 0.0696 e. The molecule has 3 heteroatoms. The monoisotopic (exact) mass is 502 g/mol. The smallest absolute Gasteiger partial charge is 0.0696 e. The van der Waals surface area contributed by atoms with Crippen molar-refractivity contribution in [1.29, 1.82) is 0 Å². The number of piperidine rings is 1. The van der Waals surface area contributed by atoms with Crippen LogP contribution in [-0.2, 0) is 0 Å². The SMILES string of the molecule is C=C(C)C1CCC2(C)CC(C34C=CC56C(CC7CC(NC)C(O)CC75)CC(CC3)C6(C)N4)=CC(C)=C2C1. The molecule has 2 heterocycles. The molecule has 11 atom stereocenters. The van der Waals surface area contributed by atoms with Gasteiger partial charge in [-0.1, -0.05) is 48.5 Å². The molecule has 0 aromatic heterocycles. The molecule has 0 aromatic rings. The molecule has 2 aliphatic heterocycles. The Balaban J connectivity index is 1.27. The summed E-state index contributed by atoms with van der Waals surface area (Å²) in [5.74, 6) is 3.54. The minimum absolute atomic E-state index is 0.00523. The van der Waals surface area contributed by atoms with Gasteiger partial charge in [-0.25, -0.2) is 0 Å². The third kappa shape index (κ3) is 3.11. The molecule has 2 bridgehead atoms. The molecular formula is C34H50N2O. The largest absolute Gasteiger partial charge is 0.391 e. The second-order valence-electron chi connectivity index (χ2n) is 15.1. The third-order valence-corrected chi connectivity index (χ3v) is 13.6. The molecule has 11 unspecified atom stereocenters. The lowest BCUT2D eigenvalue weighted by Gasteiger charge is -2.62. The molecular weight excluding hydrogens is 452 g/mol. The van der Waals surface area contributed by atoms with Gasteiger partial charge in [-0.05, 0) is 133 Å². The Labute approximate surface area is 225 Å². The summed E-state index contributed by atoms with van der Waals surface area (Å²) in [6, 6.07) is 0.267. The van der Waals surface area contributed by atoms with Gasteiger partial charge in [0.2, 0.25) is 0 Å². The summed E-state index contributed by atoms with van der Waals surface area (Å²) in [7, 11) is 2.03. The first-order valence-electron chi connectivity index (χ1n) is 15.5. The van der Waals surface area contributed by atoms with Crippen LogP contribution in [-0.4, -0.2) is 35.4 Å². The van der Waals surface area contributed by atoms with Gasteiger partial charge >= 0.3 is 0 Å². The molecule has 5 fully saturated rings. The van der Waals surface area contributed by atoms with Crippen LogP contribution in [0.25, 0.3) is 0 Å². The standard InChI is InChI=1S/C34H50N2O/c1-20(2)22-7-9-31(4)19-26(13-21(3)27(31)15-22)33-10-8-24-17-25-14-23-16-29(35-6)30(37)18-28(23)34(25,12-11-33)32(24,5)36-33/h11-13,22-25,28-30,35-37H,1,7-10,14-19H2,2-6H3. The molecule has 0 amide bonds. The summed E-state index contributed by atoms with van der Waals surface area (Å²) in [5, 5.41) is 19.0. The van der Waals surface area contributed by atoms with E-state index in [1.807, 2.05) is 7.05 Å². The molecule has 7 rings (SSSR count). The lowest BCUT2D eigenvalue weighted by atomic mass is 9.51. The number of hydrogen-bond acceptors (Lipinski definition) is 3. The van der Waals surface area contributed by atoms with Gasteiger partial charge in [0.1, 0.15) is 0 Å². The first kappa shape index (κ1) is 24.9. The summed E-state index contributed by atoms with van der Waals surface area (Å²) in [4.78, 5) is 0. The van der Waals surface area contributed by atoms with E-state index in [2.05, 4.69) is 63.1 Å². The van der Waals surface area contributed by atoms with Crippen molar-refractivity contribution in [2.24, 2.45) is 40.4 Å². The molecule has 0 radical (unpaired) electrons. The van der Waals surface area contributed by atoms with E-state index in [1.165, 1.54) is 62.5 Å². The number of hydrogen-bond donors (Lipinski definition) is 3. The number of aliphatic hydroxyl groups excluding tert-OH is 1. The van der Waals surface area contributed by atoms with Crippen molar-refractivity contribution in [2.75, 3.05) is 7.05 Å². The van der Waals surface area contributed by atoms with Crippen molar-refractivity contribution in [2.45, 2.75) is 115 Å². The summed E-state index contributed by atoms with van der Waals surface area (Å²) in [5.41, 5.74) is 6.89. The number of rotatable bonds is 3. The van der Waals surface area contributed by atoms with Crippen LogP contribution in [0.2, 0.25) is 0 Å². The van der Waals surface area contributed by atoms with E-state index in [-0.39, 0.29) is 28.6 Å². The highest BCUT2D eigenvalue weighted by atomic mass is 16.3. The number of nitrogens with one attached hydrogen (secondary N) is 2. The molecule has 0 aromatic carbocycles. The van der Waals surface area contributed by atoms with Gasteiger partial charge < -0.3 is 10.4 Å². The van der Waals surface area contributed by atoms with Gasteiger partial charge in [-0.2, -0.15) is 0 Å². The Morgan fingerprint density at radius 2 is 1.89 bits per heavy atom. The van der Waals surface area contributed by atoms with Crippen molar-refractivity contribution < 1.29 is 5.11 Å². The highest BCUT2D eigenvalue weighted by molar-refractivity contribution is 5.49. The Kier molecular flexibility index (Phi) is 5.34. The lowest BCUT2D eigenvalue weighted by Crippen LogP contribution is -2.72. The summed E-state index contributed by atoms with van der Waals surface area (Å²) < 4.78 is 0. The maximum absolute atomic E-state index is 11.1.